The number of rotatable bonds is 2. The van der Waals surface area contributed by atoms with Crippen LogP contribution in [-0.4, -0.2) is 34.6 Å². The van der Waals surface area contributed by atoms with Gasteiger partial charge in [-0.15, -0.1) is 0 Å². The molecule has 0 spiro atoms. The van der Waals surface area contributed by atoms with E-state index in [4.69, 9.17) is 5.11 Å². The second-order valence-electron chi connectivity index (χ2n) is 4.37. The SMILES string of the molecule is O=C(O)[C@H]1CCCN1C(=O)Nc1cc(F)c(F)cc1F. The van der Waals surface area contributed by atoms with Crippen molar-refractivity contribution in [1.82, 2.24) is 4.90 Å². The normalized spacial score (nSPS) is 18.1. The molecule has 8 heteroatoms. The quantitative estimate of drug-likeness (QED) is 0.819. The Hall–Kier alpha value is -2.25. The predicted octanol–water partition coefficient (Wildman–Crippen LogP) is 2.18. The van der Waals surface area contributed by atoms with Crippen LogP contribution in [-0.2, 0) is 4.79 Å². The van der Waals surface area contributed by atoms with Crippen molar-refractivity contribution in [3.63, 3.8) is 0 Å². The maximum atomic E-state index is 13.4. The molecule has 1 aliphatic rings. The van der Waals surface area contributed by atoms with E-state index in [1.165, 1.54) is 0 Å². The number of carboxylic acid groups (broad SMARTS) is 1. The molecule has 1 aromatic rings. The van der Waals surface area contributed by atoms with Crippen LogP contribution in [0.15, 0.2) is 12.1 Å². The number of amides is 2. The molecule has 1 aliphatic heterocycles. The van der Waals surface area contributed by atoms with E-state index in [1.54, 1.807) is 0 Å². The van der Waals surface area contributed by atoms with E-state index in [2.05, 4.69) is 0 Å². The highest BCUT2D eigenvalue weighted by atomic mass is 19.2. The molecule has 0 aromatic heterocycles. The minimum Gasteiger partial charge on any atom is -0.480 e. The Balaban J connectivity index is 2.16. The third-order valence-corrected chi connectivity index (χ3v) is 3.05. The number of carbonyl (C=O) groups is 2. The lowest BCUT2D eigenvalue weighted by Crippen LogP contribution is -2.42. The maximum absolute atomic E-state index is 13.4. The molecule has 1 fully saturated rings. The van der Waals surface area contributed by atoms with Crippen LogP contribution in [0.1, 0.15) is 12.8 Å². The van der Waals surface area contributed by atoms with Gasteiger partial charge in [-0.25, -0.2) is 22.8 Å². The fourth-order valence-corrected chi connectivity index (χ4v) is 2.07. The van der Waals surface area contributed by atoms with Crippen molar-refractivity contribution in [3.05, 3.63) is 29.6 Å². The molecule has 1 saturated heterocycles. The third-order valence-electron chi connectivity index (χ3n) is 3.05. The molecule has 0 unspecified atom stereocenters. The lowest BCUT2D eigenvalue weighted by molar-refractivity contribution is -0.141. The number of carboxylic acids is 1. The molecule has 0 aliphatic carbocycles. The Labute approximate surface area is 112 Å². The zero-order valence-corrected chi connectivity index (χ0v) is 10.2. The highest BCUT2D eigenvalue weighted by Crippen LogP contribution is 2.22. The van der Waals surface area contributed by atoms with Crippen molar-refractivity contribution in [2.45, 2.75) is 18.9 Å². The van der Waals surface area contributed by atoms with Gasteiger partial charge in [-0.3, -0.25) is 0 Å². The van der Waals surface area contributed by atoms with Crippen molar-refractivity contribution in [2.24, 2.45) is 0 Å². The fourth-order valence-electron chi connectivity index (χ4n) is 2.07. The van der Waals surface area contributed by atoms with Crippen LogP contribution in [0.2, 0.25) is 0 Å². The number of nitrogens with zero attached hydrogens (tertiary/aromatic N) is 1. The summed E-state index contributed by atoms with van der Waals surface area (Å²) < 4.78 is 39.1. The van der Waals surface area contributed by atoms with Gasteiger partial charge >= 0.3 is 12.0 Å². The summed E-state index contributed by atoms with van der Waals surface area (Å²) >= 11 is 0. The standard InChI is InChI=1S/C12H11F3N2O3/c13-6-4-8(15)9(5-7(6)14)16-12(20)17-3-1-2-10(17)11(18)19/h4-5,10H,1-3H2,(H,16,20)(H,18,19)/t10-/m1/s1. The average molecular weight is 288 g/mol. The number of halogens is 3. The molecule has 0 radical (unpaired) electrons. The number of hydrogen-bond donors (Lipinski definition) is 2. The molecule has 1 aromatic carbocycles. The van der Waals surface area contributed by atoms with Crippen molar-refractivity contribution in [2.75, 3.05) is 11.9 Å². The minimum absolute atomic E-state index is 0.202. The maximum Gasteiger partial charge on any atom is 0.326 e. The second kappa shape index (κ2) is 5.40. The number of benzene rings is 1. The molecule has 0 saturated carbocycles. The van der Waals surface area contributed by atoms with Gasteiger partial charge in [-0.05, 0) is 12.8 Å². The van der Waals surface area contributed by atoms with E-state index in [0.717, 1.165) is 4.90 Å². The first-order valence-corrected chi connectivity index (χ1v) is 5.85. The summed E-state index contributed by atoms with van der Waals surface area (Å²) in [6.07, 6.45) is 0.799. The highest BCUT2D eigenvalue weighted by Gasteiger charge is 2.34. The summed E-state index contributed by atoms with van der Waals surface area (Å²) in [5.41, 5.74) is -0.537. The summed E-state index contributed by atoms with van der Waals surface area (Å²) in [5, 5.41) is 11.0. The van der Waals surface area contributed by atoms with Crippen LogP contribution in [0.25, 0.3) is 0 Å². The smallest absolute Gasteiger partial charge is 0.326 e. The van der Waals surface area contributed by atoms with Crippen LogP contribution in [0.5, 0.6) is 0 Å². The van der Waals surface area contributed by atoms with Gasteiger partial charge in [0.25, 0.3) is 0 Å². The van der Waals surface area contributed by atoms with E-state index in [-0.39, 0.29) is 6.54 Å². The van der Waals surface area contributed by atoms with Crippen LogP contribution >= 0.6 is 0 Å². The van der Waals surface area contributed by atoms with Gasteiger partial charge in [-0.1, -0.05) is 0 Å². The van der Waals surface area contributed by atoms with E-state index in [9.17, 15) is 22.8 Å². The Morgan fingerprint density at radius 3 is 2.50 bits per heavy atom. The number of hydrogen-bond acceptors (Lipinski definition) is 2. The van der Waals surface area contributed by atoms with Crippen LogP contribution in [0.3, 0.4) is 0 Å². The zero-order chi connectivity index (χ0) is 14.9. The average Bonchev–Trinajstić information content (AvgIpc) is 2.85. The first-order chi connectivity index (χ1) is 9.40. The van der Waals surface area contributed by atoms with Crippen molar-refractivity contribution >= 4 is 17.7 Å². The van der Waals surface area contributed by atoms with E-state index < -0.39 is 41.2 Å². The van der Waals surface area contributed by atoms with Gasteiger partial charge in [0.15, 0.2) is 11.6 Å². The van der Waals surface area contributed by atoms with E-state index in [1.807, 2.05) is 5.32 Å². The van der Waals surface area contributed by atoms with Crippen LogP contribution in [0, 0.1) is 17.5 Å². The summed E-state index contributed by atoms with van der Waals surface area (Å²) in [4.78, 5) is 23.8. The highest BCUT2D eigenvalue weighted by molar-refractivity contribution is 5.92. The lowest BCUT2D eigenvalue weighted by atomic mass is 10.2. The number of carbonyl (C=O) groups excluding carboxylic acids is 1. The number of nitrogens with one attached hydrogen (secondary N) is 1. The molecule has 20 heavy (non-hydrogen) atoms. The lowest BCUT2D eigenvalue weighted by Gasteiger charge is -2.21. The molecule has 0 bridgehead atoms. The Morgan fingerprint density at radius 1 is 1.20 bits per heavy atom. The molecule has 108 valence electrons. The Morgan fingerprint density at radius 2 is 1.85 bits per heavy atom. The van der Waals surface area contributed by atoms with Gasteiger partial charge in [0.2, 0.25) is 0 Å². The van der Waals surface area contributed by atoms with Crippen molar-refractivity contribution in [3.8, 4) is 0 Å². The van der Waals surface area contributed by atoms with Crippen molar-refractivity contribution < 1.29 is 27.9 Å². The minimum atomic E-state index is -1.37. The van der Waals surface area contributed by atoms with E-state index >= 15 is 0 Å². The van der Waals surface area contributed by atoms with Crippen molar-refractivity contribution in [1.29, 1.82) is 0 Å². The van der Waals surface area contributed by atoms with Gasteiger partial charge in [-0.2, -0.15) is 0 Å². The molecule has 1 atom stereocenters. The number of likely N-dealkylation sites (tertiary alicyclic amines) is 1. The topological polar surface area (TPSA) is 69.6 Å². The predicted molar refractivity (Wildman–Crippen MR) is 62.7 cm³/mol. The largest absolute Gasteiger partial charge is 0.480 e. The van der Waals surface area contributed by atoms with Gasteiger partial charge in [0.1, 0.15) is 11.9 Å². The second-order valence-corrected chi connectivity index (χ2v) is 4.37. The molecule has 5 nitrogen and oxygen atoms in total. The van der Waals surface area contributed by atoms with E-state index in [0.29, 0.717) is 25.0 Å². The first kappa shape index (κ1) is 14.2. The van der Waals surface area contributed by atoms with Crippen LogP contribution < -0.4 is 5.32 Å². The third kappa shape index (κ3) is 2.68. The fraction of sp³-hybridized carbons (Fsp3) is 0.333. The number of urea groups is 1. The van der Waals surface area contributed by atoms with Gasteiger partial charge in [0.05, 0.1) is 5.69 Å². The summed E-state index contributed by atoms with van der Waals surface area (Å²) in [6.45, 7) is 0.202. The number of anilines is 1. The molecular formula is C12H11F3N2O3. The molecular weight excluding hydrogens is 277 g/mol. The molecule has 2 rings (SSSR count). The molecule has 2 amide bonds. The monoisotopic (exact) mass is 288 g/mol. The summed E-state index contributed by atoms with van der Waals surface area (Å²) in [5.74, 6) is -4.98. The van der Waals surface area contributed by atoms with Crippen LogP contribution in [0.4, 0.5) is 23.7 Å². The zero-order valence-electron chi connectivity index (χ0n) is 10.2. The summed E-state index contributed by atoms with van der Waals surface area (Å²) in [6, 6.07) is -1.04. The molecule has 1 heterocycles. The number of aliphatic carboxylic acids is 1. The Bertz CT molecular complexity index is 565. The first-order valence-electron chi connectivity index (χ1n) is 5.85. The van der Waals surface area contributed by atoms with Gasteiger partial charge in [0, 0.05) is 18.7 Å². The van der Waals surface area contributed by atoms with Gasteiger partial charge < -0.3 is 15.3 Å². The molecule has 2 N–H and O–H groups in total. The summed E-state index contributed by atoms with van der Waals surface area (Å²) in [7, 11) is 0. The Kier molecular flexibility index (Phi) is 3.82.